The first kappa shape index (κ1) is 21.3. The van der Waals surface area contributed by atoms with E-state index in [1.807, 2.05) is 29.6 Å². The van der Waals surface area contributed by atoms with Crippen LogP contribution in [0.15, 0.2) is 82.6 Å². The molecule has 7 heteroatoms. The Morgan fingerprint density at radius 2 is 1.91 bits per heavy atom. The van der Waals surface area contributed by atoms with E-state index >= 15 is 0 Å². The minimum Gasteiger partial charge on any atom is -0.456 e. The number of nitrogens with zero attached hydrogens (tertiary/aromatic N) is 3. The Balaban J connectivity index is 1.49. The lowest BCUT2D eigenvalue weighted by molar-refractivity contribution is -0.384. The van der Waals surface area contributed by atoms with Crippen LogP contribution in [0.5, 0.6) is 0 Å². The number of benzene rings is 3. The summed E-state index contributed by atoms with van der Waals surface area (Å²) < 4.78 is 5.85. The van der Waals surface area contributed by atoms with Crippen LogP contribution in [-0.4, -0.2) is 9.91 Å². The number of aromatic nitrogens is 1. The topological polar surface area (TPSA) is 93.0 Å². The van der Waals surface area contributed by atoms with Crippen LogP contribution in [0, 0.1) is 28.4 Å². The average Bonchev–Trinajstić information content (AvgIpc) is 3.52. The first-order valence-corrected chi connectivity index (χ1v) is 11.3. The Morgan fingerprint density at radius 3 is 2.74 bits per heavy atom. The van der Waals surface area contributed by atoms with Gasteiger partial charge in [0.25, 0.3) is 5.69 Å². The van der Waals surface area contributed by atoms with Crippen LogP contribution in [0.1, 0.15) is 16.3 Å². The van der Waals surface area contributed by atoms with Gasteiger partial charge in [0.2, 0.25) is 0 Å². The maximum absolute atomic E-state index is 11.5. The molecule has 0 aliphatic heterocycles. The Kier molecular flexibility index (Phi) is 5.50. The van der Waals surface area contributed by atoms with E-state index in [0.717, 1.165) is 27.6 Å². The predicted octanol–water partition coefficient (Wildman–Crippen LogP) is 7.50. The lowest BCUT2D eigenvalue weighted by Crippen LogP contribution is -1.92. The first-order chi connectivity index (χ1) is 16.5. The maximum Gasteiger partial charge on any atom is 0.280 e. The Labute approximate surface area is 199 Å². The molecular formula is C27H17N3O3S. The average molecular weight is 464 g/mol. The van der Waals surface area contributed by atoms with Gasteiger partial charge >= 0.3 is 0 Å². The fraction of sp³-hybridized carbons (Fsp3) is 0.0370. The van der Waals surface area contributed by atoms with E-state index in [9.17, 15) is 15.4 Å². The zero-order chi connectivity index (χ0) is 23.7. The summed E-state index contributed by atoms with van der Waals surface area (Å²) in [6.45, 7) is 1.80. The molecule has 5 aromatic rings. The number of rotatable bonds is 5. The third-order valence-electron chi connectivity index (χ3n) is 5.45. The van der Waals surface area contributed by atoms with Crippen molar-refractivity contribution in [2.75, 3.05) is 0 Å². The highest BCUT2D eigenvalue weighted by Crippen LogP contribution is 2.34. The summed E-state index contributed by atoms with van der Waals surface area (Å²) >= 11 is 1.38. The zero-order valence-corrected chi connectivity index (χ0v) is 18.9. The normalized spacial score (nSPS) is 11.5. The van der Waals surface area contributed by atoms with Gasteiger partial charge in [-0.25, -0.2) is 4.98 Å². The second-order valence-electron chi connectivity index (χ2n) is 7.71. The smallest absolute Gasteiger partial charge is 0.280 e. The molecule has 0 N–H and O–H groups in total. The van der Waals surface area contributed by atoms with Crippen molar-refractivity contribution in [1.82, 2.24) is 4.98 Å². The molecule has 34 heavy (non-hydrogen) atoms. The number of thiazole rings is 1. The summed E-state index contributed by atoms with van der Waals surface area (Å²) in [7, 11) is 0. The summed E-state index contributed by atoms with van der Waals surface area (Å²) in [6.07, 6.45) is 1.61. The Bertz CT molecular complexity index is 1620. The van der Waals surface area contributed by atoms with Gasteiger partial charge in [-0.15, -0.1) is 11.3 Å². The molecule has 0 aliphatic rings. The molecule has 2 heterocycles. The number of hydrogen-bond acceptors (Lipinski definition) is 6. The number of furan rings is 1. The number of nitro groups is 1. The molecule has 0 fully saturated rings. The summed E-state index contributed by atoms with van der Waals surface area (Å²) in [4.78, 5) is 15.7. The monoisotopic (exact) mass is 463 g/mol. The van der Waals surface area contributed by atoms with E-state index in [4.69, 9.17) is 9.40 Å². The third kappa shape index (κ3) is 3.98. The number of aryl methyl sites for hydroxylation is 1. The second kappa shape index (κ2) is 8.77. The van der Waals surface area contributed by atoms with Crippen molar-refractivity contribution in [2.24, 2.45) is 0 Å². The number of hydrogen-bond donors (Lipinski definition) is 0. The zero-order valence-electron chi connectivity index (χ0n) is 18.1. The number of fused-ring (bicyclic) bond motifs is 1. The Morgan fingerprint density at radius 1 is 1.09 bits per heavy atom. The quantitative estimate of drug-likeness (QED) is 0.153. The maximum atomic E-state index is 11.5. The highest BCUT2D eigenvalue weighted by Gasteiger charge is 2.18. The molecule has 6 nitrogen and oxygen atoms in total. The Hall–Kier alpha value is -4.54. The molecule has 0 atom stereocenters. The van der Waals surface area contributed by atoms with Crippen molar-refractivity contribution in [1.29, 1.82) is 5.26 Å². The lowest BCUT2D eigenvalue weighted by atomic mass is 10.0. The van der Waals surface area contributed by atoms with Crippen molar-refractivity contribution < 1.29 is 9.34 Å². The van der Waals surface area contributed by atoms with Gasteiger partial charge in [-0.05, 0) is 41.5 Å². The fourth-order valence-electron chi connectivity index (χ4n) is 3.83. The number of nitriles is 1. The van der Waals surface area contributed by atoms with Crippen LogP contribution in [0.3, 0.4) is 0 Å². The van der Waals surface area contributed by atoms with Crippen LogP contribution < -0.4 is 0 Å². The van der Waals surface area contributed by atoms with E-state index in [0.29, 0.717) is 27.7 Å². The van der Waals surface area contributed by atoms with Crippen molar-refractivity contribution >= 4 is 39.4 Å². The van der Waals surface area contributed by atoms with Gasteiger partial charge in [0.05, 0.1) is 21.8 Å². The van der Waals surface area contributed by atoms with Gasteiger partial charge in [-0.2, -0.15) is 5.26 Å². The van der Waals surface area contributed by atoms with Crippen molar-refractivity contribution in [3.63, 3.8) is 0 Å². The molecule has 0 radical (unpaired) electrons. The largest absolute Gasteiger partial charge is 0.456 e. The van der Waals surface area contributed by atoms with Crippen molar-refractivity contribution in [3.05, 3.63) is 105 Å². The van der Waals surface area contributed by atoms with Gasteiger partial charge in [0, 0.05) is 23.1 Å². The van der Waals surface area contributed by atoms with Crippen molar-refractivity contribution in [2.45, 2.75) is 6.92 Å². The number of nitro benzene ring substituents is 1. The van der Waals surface area contributed by atoms with E-state index in [2.05, 4.69) is 24.3 Å². The molecule has 0 saturated carbocycles. The van der Waals surface area contributed by atoms with Gasteiger partial charge < -0.3 is 4.42 Å². The molecule has 164 valence electrons. The molecular weight excluding hydrogens is 446 g/mol. The van der Waals surface area contributed by atoms with Crippen LogP contribution >= 0.6 is 11.3 Å². The van der Waals surface area contributed by atoms with Gasteiger partial charge in [0.1, 0.15) is 22.6 Å². The highest BCUT2D eigenvalue weighted by atomic mass is 32.1. The number of allylic oxidation sites excluding steroid dienone is 1. The molecule has 2 aromatic heterocycles. The first-order valence-electron chi connectivity index (χ1n) is 10.4. The van der Waals surface area contributed by atoms with E-state index < -0.39 is 4.92 Å². The predicted molar refractivity (Wildman–Crippen MR) is 134 cm³/mol. The van der Waals surface area contributed by atoms with Gasteiger partial charge in [-0.3, -0.25) is 10.1 Å². The summed E-state index contributed by atoms with van der Waals surface area (Å²) in [5.41, 5.74) is 3.32. The lowest BCUT2D eigenvalue weighted by Gasteiger charge is -2.03. The van der Waals surface area contributed by atoms with E-state index in [1.165, 1.54) is 17.4 Å². The molecule has 0 bridgehead atoms. The van der Waals surface area contributed by atoms with E-state index in [1.54, 1.807) is 37.3 Å². The molecule has 0 unspecified atom stereocenters. The van der Waals surface area contributed by atoms with Crippen LogP contribution in [0.4, 0.5) is 5.69 Å². The van der Waals surface area contributed by atoms with Gasteiger partial charge in [0.15, 0.2) is 0 Å². The molecule has 0 amide bonds. The SMILES string of the molecule is Cc1ccc(-c2ccc(/C=C(\C#N)c3nc(-c4cccc5ccccc45)cs3)o2)c([N+](=O)[O-])c1. The van der Waals surface area contributed by atoms with Crippen molar-refractivity contribution in [3.8, 4) is 28.7 Å². The van der Waals surface area contributed by atoms with E-state index in [-0.39, 0.29) is 5.69 Å². The van der Waals surface area contributed by atoms with Gasteiger partial charge in [-0.1, -0.05) is 48.5 Å². The summed E-state index contributed by atoms with van der Waals surface area (Å²) in [6, 6.07) is 24.7. The molecule has 0 spiro atoms. The molecule has 5 rings (SSSR count). The standard InChI is InChI=1S/C27H17N3O3S/c1-17-9-11-23(25(13-17)30(31)32)26-12-10-20(33-26)14-19(15-28)27-29-24(16-34-27)22-8-4-6-18-5-2-3-7-21(18)22/h2-14,16H,1H3/b19-14+. The molecule has 0 aliphatic carbocycles. The minimum atomic E-state index is -0.425. The van der Waals surface area contributed by atoms with Crippen LogP contribution in [0.25, 0.3) is 45.0 Å². The highest BCUT2D eigenvalue weighted by molar-refractivity contribution is 7.11. The summed E-state index contributed by atoms with van der Waals surface area (Å²) in [5.74, 6) is 0.786. The minimum absolute atomic E-state index is 0.0231. The van der Waals surface area contributed by atoms with Crippen LogP contribution in [-0.2, 0) is 0 Å². The second-order valence-corrected chi connectivity index (χ2v) is 8.57. The third-order valence-corrected chi connectivity index (χ3v) is 6.32. The molecule has 0 saturated heterocycles. The fourth-order valence-corrected chi connectivity index (χ4v) is 4.62. The summed E-state index contributed by atoms with van der Waals surface area (Å²) in [5, 5.41) is 26.0. The van der Waals surface area contributed by atoms with Crippen LogP contribution in [0.2, 0.25) is 0 Å². The molecule has 3 aromatic carbocycles.